The van der Waals surface area contributed by atoms with Gasteiger partial charge in [-0.25, -0.2) is 0 Å². The summed E-state index contributed by atoms with van der Waals surface area (Å²) >= 11 is 0. The fourth-order valence-electron chi connectivity index (χ4n) is 3.72. The maximum Gasteiger partial charge on any atom is 0.272 e. The van der Waals surface area contributed by atoms with Crippen molar-refractivity contribution in [2.75, 3.05) is 26.7 Å². The van der Waals surface area contributed by atoms with E-state index < -0.39 is 0 Å². The molecule has 4 rings (SSSR count). The molecule has 4 heterocycles. The van der Waals surface area contributed by atoms with Crippen LogP contribution in [-0.2, 0) is 24.4 Å². The zero-order chi connectivity index (χ0) is 18.8. The van der Waals surface area contributed by atoms with E-state index in [0.29, 0.717) is 31.9 Å². The first kappa shape index (κ1) is 17.7. The van der Waals surface area contributed by atoms with Crippen LogP contribution in [0.5, 0.6) is 0 Å². The Morgan fingerprint density at radius 3 is 2.89 bits per heavy atom. The Kier molecular flexibility index (Phi) is 4.89. The fraction of sp³-hybridized carbons (Fsp3) is 0.474. The zero-order valence-corrected chi connectivity index (χ0v) is 15.5. The molecule has 0 saturated carbocycles. The van der Waals surface area contributed by atoms with Crippen molar-refractivity contribution in [3.8, 4) is 0 Å². The topological polar surface area (TPSA) is 83.4 Å². The van der Waals surface area contributed by atoms with Crippen LogP contribution in [-0.4, -0.2) is 63.1 Å². The van der Waals surface area contributed by atoms with Crippen molar-refractivity contribution in [2.24, 2.45) is 5.92 Å². The number of likely N-dealkylation sites (tertiary alicyclic amines) is 1. The number of carbonyl (C=O) groups is 2. The minimum Gasteiger partial charge on any atom is -0.345 e. The molecular formula is C19H24N6O2. The van der Waals surface area contributed by atoms with Gasteiger partial charge in [-0.2, -0.15) is 5.10 Å². The monoisotopic (exact) mass is 368 g/mol. The predicted molar refractivity (Wildman–Crippen MR) is 98.7 cm³/mol. The first-order chi connectivity index (χ1) is 13.1. The molecule has 2 aromatic heterocycles. The summed E-state index contributed by atoms with van der Waals surface area (Å²) in [6, 6.07) is 7.37. The van der Waals surface area contributed by atoms with Crippen molar-refractivity contribution in [1.29, 1.82) is 0 Å². The number of amides is 2. The molecule has 2 aliphatic heterocycles. The molecule has 1 saturated heterocycles. The van der Waals surface area contributed by atoms with Crippen LogP contribution in [0, 0.1) is 5.92 Å². The number of pyridine rings is 1. The van der Waals surface area contributed by atoms with E-state index in [1.165, 1.54) is 0 Å². The van der Waals surface area contributed by atoms with Crippen LogP contribution in [0.3, 0.4) is 0 Å². The van der Waals surface area contributed by atoms with Gasteiger partial charge in [-0.05, 0) is 38.2 Å². The third-order valence-corrected chi connectivity index (χ3v) is 5.24. The van der Waals surface area contributed by atoms with Gasteiger partial charge in [0, 0.05) is 19.3 Å². The van der Waals surface area contributed by atoms with Gasteiger partial charge in [0.05, 0.1) is 36.9 Å². The Morgan fingerprint density at radius 2 is 2.15 bits per heavy atom. The number of aromatic nitrogens is 3. The lowest BCUT2D eigenvalue weighted by Crippen LogP contribution is -2.42. The smallest absolute Gasteiger partial charge is 0.272 e. The quantitative estimate of drug-likeness (QED) is 0.850. The van der Waals surface area contributed by atoms with Crippen molar-refractivity contribution in [2.45, 2.75) is 26.1 Å². The highest BCUT2D eigenvalue weighted by Crippen LogP contribution is 2.21. The van der Waals surface area contributed by atoms with E-state index in [1.807, 2.05) is 27.8 Å². The average molecular weight is 368 g/mol. The zero-order valence-electron chi connectivity index (χ0n) is 15.5. The second-order valence-corrected chi connectivity index (χ2v) is 7.26. The normalized spacial score (nSPS) is 19.7. The lowest BCUT2D eigenvalue weighted by atomic mass is 10.1. The van der Waals surface area contributed by atoms with Gasteiger partial charge < -0.3 is 15.1 Å². The van der Waals surface area contributed by atoms with Gasteiger partial charge in [0.25, 0.3) is 5.91 Å². The molecule has 0 aromatic carbocycles. The lowest BCUT2D eigenvalue weighted by Gasteiger charge is -2.29. The van der Waals surface area contributed by atoms with E-state index in [2.05, 4.69) is 27.3 Å². The summed E-state index contributed by atoms with van der Waals surface area (Å²) in [4.78, 5) is 33.4. The van der Waals surface area contributed by atoms with Crippen LogP contribution < -0.4 is 5.32 Å². The summed E-state index contributed by atoms with van der Waals surface area (Å²) in [5.41, 5.74) is 2.09. The van der Waals surface area contributed by atoms with Crippen LogP contribution >= 0.6 is 0 Å². The SMILES string of the molecule is CN1CCC(C(=O)N2CCn3nc(C(=O)NCc4ccccn4)cc3C2)C1. The maximum atomic E-state index is 12.7. The molecule has 1 atom stereocenters. The van der Waals surface area contributed by atoms with Gasteiger partial charge in [0.15, 0.2) is 5.69 Å². The van der Waals surface area contributed by atoms with Gasteiger partial charge >= 0.3 is 0 Å². The third-order valence-electron chi connectivity index (χ3n) is 5.24. The van der Waals surface area contributed by atoms with E-state index in [9.17, 15) is 9.59 Å². The Labute approximate surface area is 158 Å². The highest BCUT2D eigenvalue weighted by atomic mass is 16.2. The van der Waals surface area contributed by atoms with Crippen LogP contribution in [0.4, 0.5) is 0 Å². The summed E-state index contributed by atoms with van der Waals surface area (Å²) in [6.45, 7) is 3.94. The number of carbonyl (C=O) groups excluding carboxylic acids is 2. The Hall–Kier alpha value is -2.74. The fourth-order valence-corrected chi connectivity index (χ4v) is 3.72. The molecule has 1 unspecified atom stereocenters. The highest BCUT2D eigenvalue weighted by Gasteiger charge is 2.32. The van der Waals surface area contributed by atoms with Crippen LogP contribution in [0.15, 0.2) is 30.5 Å². The highest BCUT2D eigenvalue weighted by molar-refractivity contribution is 5.92. The maximum absolute atomic E-state index is 12.7. The van der Waals surface area contributed by atoms with Gasteiger partial charge in [-0.15, -0.1) is 0 Å². The van der Waals surface area contributed by atoms with E-state index in [4.69, 9.17) is 0 Å². The molecule has 27 heavy (non-hydrogen) atoms. The van der Waals surface area contributed by atoms with E-state index in [-0.39, 0.29) is 17.7 Å². The molecule has 8 nitrogen and oxygen atoms in total. The second-order valence-electron chi connectivity index (χ2n) is 7.26. The van der Waals surface area contributed by atoms with Crippen molar-refractivity contribution < 1.29 is 9.59 Å². The summed E-state index contributed by atoms with van der Waals surface area (Å²) in [5.74, 6) is 0.0800. The van der Waals surface area contributed by atoms with Gasteiger partial charge in [0.2, 0.25) is 5.91 Å². The van der Waals surface area contributed by atoms with Gasteiger partial charge in [0.1, 0.15) is 0 Å². The van der Waals surface area contributed by atoms with Crippen LogP contribution in [0.25, 0.3) is 0 Å². The summed E-state index contributed by atoms with van der Waals surface area (Å²) < 4.78 is 1.83. The summed E-state index contributed by atoms with van der Waals surface area (Å²) in [6.07, 6.45) is 2.62. The van der Waals surface area contributed by atoms with Crippen LogP contribution in [0.2, 0.25) is 0 Å². The minimum absolute atomic E-state index is 0.0885. The molecule has 1 fully saturated rings. The first-order valence-corrected chi connectivity index (χ1v) is 9.32. The van der Waals surface area contributed by atoms with Gasteiger partial charge in [-0.3, -0.25) is 19.3 Å². The number of nitrogens with one attached hydrogen (secondary N) is 1. The molecule has 0 spiro atoms. The molecule has 0 aliphatic carbocycles. The molecular weight excluding hydrogens is 344 g/mol. The van der Waals surface area contributed by atoms with Crippen molar-refractivity contribution in [3.05, 3.63) is 47.5 Å². The summed E-state index contributed by atoms with van der Waals surface area (Å²) in [5, 5.41) is 7.25. The molecule has 1 N–H and O–H groups in total. The lowest BCUT2D eigenvalue weighted by molar-refractivity contribution is -0.136. The summed E-state index contributed by atoms with van der Waals surface area (Å²) in [7, 11) is 2.05. The van der Waals surface area contributed by atoms with E-state index in [1.54, 1.807) is 12.3 Å². The Morgan fingerprint density at radius 1 is 1.26 bits per heavy atom. The average Bonchev–Trinajstić information content (AvgIpc) is 3.32. The number of rotatable bonds is 4. The molecule has 0 bridgehead atoms. The van der Waals surface area contributed by atoms with Gasteiger partial charge in [-0.1, -0.05) is 6.07 Å². The Bertz CT molecular complexity index is 834. The third kappa shape index (κ3) is 3.85. The number of nitrogens with zero attached hydrogens (tertiary/aromatic N) is 5. The molecule has 142 valence electrons. The number of fused-ring (bicyclic) bond motifs is 1. The first-order valence-electron chi connectivity index (χ1n) is 9.32. The van der Waals surface area contributed by atoms with Crippen molar-refractivity contribution in [1.82, 2.24) is 29.9 Å². The standard InChI is InChI=1S/C19H24N6O2/c1-23-7-5-14(12-23)19(27)24-8-9-25-16(13-24)10-17(22-25)18(26)21-11-15-4-2-3-6-20-15/h2-4,6,10,14H,5,7-9,11-13H2,1H3,(H,21,26). The van der Waals surface area contributed by atoms with E-state index in [0.717, 1.165) is 30.9 Å². The Balaban J connectivity index is 1.38. The molecule has 0 radical (unpaired) electrons. The molecule has 8 heteroatoms. The minimum atomic E-state index is -0.224. The predicted octanol–water partition coefficient (Wildman–Crippen LogP) is 0.502. The molecule has 2 aliphatic rings. The molecule has 2 aromatic rings. The number of hydrogen-bond acceptors (Lipinski definition) is 5. The van der Waals surface area contributed by atoms with E-state index >= 15 is 0 Å². The van der Waals surface area contributed by atoms with Crippen molar-refractivity contribution in [3.63, 3.8) is 0 Å². The molecule has 2 amide bonds. The van der Waals surface area contributed by atoms with Crippen LogP contribution in [0.1, 0.15) is 28.3 Å². The largest absolute Gasteiger partial charge is 0.345 e. The van der Waals surface area contributed by atoms with Crippen molar-refractivity contribution >= 4 is 11.8 Å². The second kappa shape index (κ2) is 7.48. The number of hydrogen-bond donors (Lipinski definition) is 1.